The Hall–Kier alpha value is -2.43. The Kier molecular flexibility index (Phi) is 4.87. The van der Waals surface area contributed by atoms with Crippen LogP contribution in [0.5, 0.6) is 0 Å². The Balaban J connectivity index is 2.05. The predicted molar refractivity (Wildman–Crippen MR) is 80.9 cm³/mol. The largest absolute Gasteiger partial charge is 0.335 e. The minimum atomic E-state index is -0.337. The summed E-state index contributed by atoms with van der Waals surface area (Å²) in [6.07, 6.45) is 2.40. The van der Waals surface area contributed by atoms with Crippen LogP contribution in [0.15, 0.2) is 28.6 Å². The molecule has 3 N–H and O–H groups in total. The lowest BCUT2D eigenvalue weighted by atomic mass is 10.3. The minimum absolute atomic E-state index is 0.205. The molecule has 6 nitrogen and oxygen atoms in total. The summed E-state index contributed by atoms with van der Waals surface area (Å²) in [6, 6.07) is 1.93. The van der Waals surface area contributed by atoms with Gasteiger partial charge in [0, 0.05) is 29.1 Å². The molecule has 0 aliphatic rings. The van der Waals surface area contributed by atoms with Gasteiger partial charge < -0.3 is 15.6 Å². The van der Waals surface area contributed by atoms with Crippen LogP contribution in [0, 0.1) is 11.8 Å². The second-order valence-electron chi connectivity index (χ2n) is 4.27. The van der Waals surface area contributed by atoms with E-state index in [0.29, 0.717) is 13.1 Å². The van der Waals surface area contributed by atoms with Crippen molar-refractivity contribution in [2.75, 3.05) is 13.6 Å². The SMILES string of the molecule is CN(Cc1cc(C#CCN)cs1)C(=O)c1c[nH]c(=O)cn1. The van der Waals surface area contributed by atoms with Gasteiger partial charge in [-0.1, -0.05) is 11.8 Å². The van der Waals surface area contributed by atoms with Crippen molar-refractivity contribution in [2.45, 2.75) is 6.54 Å². The Bertz CT molecular complexity index is 734. The zero-order valence-corrected chi connectivity index (χ0v) is 12.2. The lowest BCUT2D eigenvalue weighted by molar-refractivity contribution is 0.0780. The fraction of sp³-hybridized carbons (Fsp3) is 0.214. The monoisotopic (exact) mass is 302 g/mol. The highest BCUT2D eigenvalue weighted by Crippen LogP contribution is 2.16. The molecular weight excluding hydrogens is 288 g/mol. The number of rotatable bonds is 3. The van der Waals surface area contributed by atoms with E-state index in [4.69, 9.17) is 5.73 Å². The molecule has 0 saturated carbocycles. The van der Waals surface area contributed by atoms with E-state index in [1.807, 2.05) is 11.4 Å². The summed E-state index contributed by atoms with van der Waals surface area (Å²) in [5.41, 5.74) is 6.08. The van der Waals surface area contributed by atoms with Gasteiger partial charge in [-0.05, 0) is 6.07 Å². The molecule has 1 amide bonds. The molecular formula is C14H14N4O2S. The van der Waals surface area contributed by atoms with Crippen molar-refractivity contribution in [3.63, 3.8) is 0 Å². The number of nitrogens with one attached hydrogen (secondary N) is 1. The lowest BCUT2D eigenvalue weighted by Gasteiger charge is -2.15. The van der Waals surface area contributed by atoms with E-state index in [-0.39, 0.29) is 17.2 Å². The Morgan fingerprint density at radius 1 is 1.57 bits per heavy atom. The summed E-state index contributed by atoms with van der Waals surface area (Å²) in [4.78, 5) is 31.9. The highest BCUT2D eigenvalue weighted by Gasteiger charge is 2.14. The van der Waals surface area contributed by atoms with Gasteiger partial charge in [-0.2, -0.15) is 0 Å². The van der Waals surface area contributed by atoms with Gasteiger partial charge in [-0.25, -0.2) is 4.98 Å². The van der Waals surface area contributed by atoms with E-state index in [9.17, 15) is 9.59 Å². The fourth-order valence-corrected chi connectivity index (χ4v) is 2.51. The Morgan fingerprint density at radius 3 is 3.05 bits per heavy atom. The van der Waals surface area contributed by atoms with Crippen molar-refractivity contribution in [3.8, 4) is 11.8 Å². The predicted octanol–water partition coefficient (Wildman–Crippen LogP) is 0.414. The number of aromatic nitrogens is 2. The molecule has 0 spiro atoms. The van der Waals surface area contributed by atoms with Gasteiger partial charge in [-0.15, -0.1) is 11.3 Å². The third-order valence-electron chi connectivity index (χ3n) is 2.62. The third kappa shape index (κ3) is 4.02. The van der Waals surface area contributed by atoms with Crippen molar-refractivity contribution in [1.29, 1.82) is 0 Å². The molecule has 2 aromatic heterocycles. The maximum atomic E-state index is 12.1. The summed E-state index contributed by atoms with van der Waals surface area (Å²) >= 11 is 1.53. The number of nitrogens with zero attached hydrogens (tertiary/aromatic N) is 2. The number of thiophene rings is 1. The standard InChI is InChI=1S/C14H14N4O2S/c1-18(14(20)12-6-17-13(19)7-16-12)8-11-5-10(9-21-11)3-2-4-15/h5-7,9H,4,8,15H2,1H3,(H,17,19). The van der Waals surface area contributed by atoms with Gasteiger partial charge in [0.05, 0.1) is 19.3 Å². The summed E-state index contributed by atoms with van der Waals surface area (Å²) < 4.78 is 0. The van der Waals surface area contributed by atoms with E-state index < -0.39 is 0 Å². The number of hydrogen-bond donors (Lipinski definition) is 2. The number of aromatic amines is 1. The Morgan fingerprint density at radius 2 is 2.38 bits per heavy atom. The number of carbonyl (C=O) groups is 1. The van der Waals surface area contributed by atoms with E-state index in [1.165, 1.54) is 22.4 Å². The smallest absolute Gasteiger partial charge is 0.274 e. The molecule has 0 atom stereocenters. The topological polar surface area (TPSA) is 92.1 Å². The minimum Gasteiger partial charge on any atom is -0.335 e. The van der Waals surface area contributed by atoms with Gasteiger partial charge in [0.1, 0.15) is 5.69 Å². The maximum Gasteiger partial charge on any atom is 0.274 e. The second-order valence-corrected chi connectivity index (χ2v) is 5.26. The molecule has 0 fully saturated rings. The summed E-state index contributed by atoms with van der Waals surface area (Å²) in [6.45, 7) is 0.774. The van der Waals surface area contributed by atoms with Gasteiger partial charge in [0.25, 0.3) is 11.5 Å². The van der Waals surface area contributed by atoms with Crippen LogP contribution in [-0.2, 0) is 6.54 Å². The van der Waals surface area contributed by atoms with Gasteiger partial charge >= 0.3 is 0 Å². The first-order valence-corrected chi connectivity index (χ1v) is 7.04. The molecule has 21 heavy (non-hydrogen) atoms. The van der Waals surface area contributed by atoms with Gasteiger partial charge in [0.2, 0.25) is 0 Å². The summed E-state index contributed by atoms with van der Waals surface area (Å²) in [5, 5.41) is 1.93. The molecule has 2 rings (SSSR count). The van der Waals surface area contributed by atoms with Crippen LogP contribution in [0.2, 0.25) is 0 Å². The first-order valence-electron chi connectivity index (χ1n) is 6.16. The number of amides is 1. The number of carbonyl (C=O) groups excluding carboxylic acids is 1. The van der Waals surface area contributed by atoms with Crippen molar-refractivity contribution in [2.24, 2.45) is 5.73 Å². The molecule has 7 heteroatoms. The average Bonchev–Trinajstić information content (AvgIpc) is 2.92. The molecule has 0 bridgehead atoms. The number of hydrogen-bond acceptors (Lipinski definition) is 5. The summed E-state index contributed by atoms with van der Waals surface area (Å²) in [5.74, 6) is 5.47. The molecule has 0 saturated heterocycles. The van der Waals surface area contributed by atoms with Crippen LogP contribution in [-0.4, -0.2) is 34.4 Å². The molecule has 2 aromatic rings. The average molecular weight is 302 g/mol. The molecule has 2 heterocycles. The van der Waals surface area contributed by atoms with E-state index >= 15 is 0 Å². The van der Waals surface area contributed by atoms with Crippen LogP contribution in [0.4, 0.5) is 0 Å². The van der Waals surface area contributed by atoms with E-state index in [0.717, 1.165) is 16.6 Å². The van der Waals surface area contributed by atoms with Crippen LogP contribution in [0.1, 0.15) is 20.9 Å². The van der Waals surface area contributed by atoms with Crippen LogP contribution >= 0.6 is 11.3 Å². The molecule has 108 valence electrons. The third-order valence-corrected chi connectivity index (χ3v) is 3.54. The van der Waals surface area contributed by atoms with Crippen LogP contribution in [0.3, 0.4) is 0 Å². The van der Waals surface area contributed by atoms with Crippen molar-refractivity contribution >= 4 is 17.2 Å². The van der Waals surface area contributed by atoms with Gasteiger partial charge in [0.15, 0.2) is 0 Å². The van der Waals surface area contributed by atoms with Crippen molar-refractivity contribution in [1.82, 2.24) is 14.9 Å². The van der Waals surface area contributed by atoms with Crippen molar-refractivity contribution < 1.29 is 4.79 Å². The maximum absolute atomic E-state index is 12.1. The van der Waals surface area contributed by atoms with E-state index in [1.54, 1.807) is 7.05 Å². The quantitative estimate of drug-likeness (QED) is 0.803. The normalized spacial score (nSPS) is 9.81. The first kappa shape index (κ1) is 15.0. The van der Waals surface area contributed by atoms with Crippen molar-refractivity contribution in [3.05, 3.63) is 50.3 Å². The van der Waals surface area contributed by atoms with Gasteiger partial charge in [-0.3, -0.25) is 9.59 Å². The van der Waals surface area contributed by atoms with Crippen LogP contribution in [0.25, 0.3) is 0 Å². The second kappa shape index (κ2) is 6.83. The zero-order chi connectivity index (χ0) is 15.2. The van der Waals surface area contributed by atoms with Crippen LogP contribution < -0.4 is 11.3 Å². The molecule has 0 aliphatic heterocycles. The number of H-pyrrole nitrogens is 1. The molecule has 0 aromatic carbocycles. The molecule has 0 aliphatic carbocycles. The molecule has 0 unspecified atom stereocenters. The number of nitrogens with two attached hydrogens (primary N) is 1. The Labute approximate surface area is 125 Å². The lowest BCUT2D eigenvalue weighted by Crippen LogP contribution is -2.27. The fourth-order valence-electron chi connectivity index (χ4n) is 1.64. The molecule has 0 radical (unpaired) electrons. The first-order chi connectivity index (χ1) is 10.1. The zero-order valence-electron chi connectivity index (χ0n) is 11.4. The highest BCUT2D eigenvalue weighted by atomic mass is 32.1. The highest BCUT2D eigenvalue weighted by molar-refractivity contribution is 7.10. The summed E-state index contributed by atoms with van der Waals surface area (Å²) in [7, 11) is 1.68. The van der Waals surface area contributed by atoms with E-state index in [2.05, 4.69) is 21.8 Å².